The summed E-state index contributed by atoms with van der Waals surface area (Å²) >= 11 is 0. The lowest BCUT2D eigenvalue weighted by atomic mass is 10.3. The van der Waals surface area contributed by atoms with Crippen LogP contribution in [-0.2, 0) is 4.79 Å². The van der Waals surface area contributed by atoms with Crippen molar-refractivity contribution < 1.29 is 4.79 Å². The van der Waals surface area contributed by atoms with E-state index in [9.17, 15) is 4.79 Å². The Morgan fingerprint density at radius 2 is 2.22 bits per heavy atom. The fourth-order valence-electron chi connectivity index (χ4n) is 0.760. The molecule has 0 saturated heterocycles. The van der Waals surface area contributed by atoms with Crippen molar-refractivity contribution in [3.63, 3.8) is 0 Å². The number of rotatable bonds is 2. The summed E-state index contributed by atoms with van der Waals surface area (Å²) in [6.45, 7) is 5.23. The van der Waals surface area contributed by atoms with Crippen molar-refractivity contribution in [2.24, 2.45) is 5.92 Å². The number of allylic oxidation sites excluding steroid dienone is 1. The molecular weight excluding hydrogens is 114 g/mol. The van der Waals surface area contributed by atoms with E-state index >= 15 is 0 Å². The molecule has 0 aliphatic heterocycles. The maximum Gasteiger partial charge on any atom is 0.220 e. The highest BCUT2D eigenvalue weighted by atomic mass is 16.1. The number of hydrogen-bond acceptors (Lipinski definition) is 1. The second-order valence-corrected chi connectivity index (χ2v) is 2.48. The average molecular weight is 125 g/mol. The first-order valence-corrected chi connectivity index (χ1v) is 3.16. The molecule has 1 aliphatic rings. The normalized spacial score (nSPS) is 17.0. The molecule has 1 rings (SSSR count). The molecule has 0 bridgehead atoms. The van der Waals surface area contributed by atoms with Gasteiger partial charge in [0.05, 0.1) is 0 Å². The number of nitrogens with one attached hydrogen (secondary N) is 1. The van der Waals surface area contributed by atoms with Crippen molar-refractivity contribution in [1.82, 2.24) is 5.32 Å². The van der Waals surface area contributed by atoms with Gasteiger partial charge in [0.15, 0.2) is 0 Å². The molecule has 0 heterocycles. The van der Waals surface area contributed by atoms with Gasteiger partial charge in [0.2, 0.25) is 5.91 Å². The van der Waals surface area contributed by atoms with Crippen LogP contribution in [-0.4, -0.2) is 5.91 Å². The molecule has 0 spiro atoms. The van der Waals surface area contributed by atoms with Crippen LogP contribution < -0.4 is 5.32 Å². The predicted molar refractivity (Wildman–Crippen MR) is 35.7 cm³/mol. The highest BCUT2D eigenvalue weighted by Gasteiger charge is 2.24. The molecule has 0 aromatic rings. The minimum atomic E-state index is -0.00750. The zero-order valence-electron chi connectivity index (χ0n) is 5.61. The molecule has 0 radical (unpaired) electrons. The monoisotopic (exact) mass is 125 g/mol. The van der Waals surface area contributed by atoms with E-state index in [-0.39, 0.29) is 5.91 Å². The molecule has 0 aromatic heterocycles. The second-order valence-electron chi connectivity index (χ2n) is 2.48. The molecule has 1 saturated carbocycles. The van der Waals surface area contributed by atoms with Crippen molar-refractivity contribution in [3.05, 3.63) is 12.3 Å². The Morgan fingerprint density at radius 3 is 2.56 bits per heavy atom. The van der Waals surface area contributed by atoms with Gasteiger partial charge in [0.1, 0.15) is 0 Å². The van der Waals surface area contributed by atoms with E-state index in [0.717, 1.165) is 5.70 Å². The van der Waals surface area contributed by atoms with Gasteiger partial charge in [0.25, 0.3) is 0 Å². The summed E-state index contributed by atoms with van der Waals surface area (Å²) in [5, 5.41) is 2.67. The van der Waals surface area contributed by atoms with Crippen LogP contribution in [0, 0.1) is 5.92 Å². The van der Waals surface area contributed by atoms with Gasteiger partial charge < -0.3 is 5.32 Å². The molecule has 1 N–H and O–H groups in total. The Labute approximate surface area is 54.9 Å². The SMILES string of the molecule is C=C(NC(C)=O)C1CC1. The van der Waals surface area contributed by atoms with Gasteiger partial charge in [-0.1, -0.05) is 6.58 Å². The van der Waals surface area contributed by atoms with E-state index in [4.69, 9.17) is 0 Å². The zero-order valence-corrected chi connectivity index (χ0v) is 5.61. The number of carbonyl (C=O) groups is 1. The Morgan fingerprint density at radius 1 is 1.67 bits per heavy atom. The van der Waals surface area contributed by atoms with Crippen molar-refractivity contribution in [1.29, 1.82) is 0 Å². The predicted octanol–water partition coefficient (Wildman–Crippen LogP) is 1.05. The molecule has 2 heteroatoms. The quantitative estimate of drug-likeness (QED) is 0.587. The highest BCUT2D eigenvalue weighted by molar-refractivity contribution is 5.74. The molecule has 1 fully saturated rings. The molecule has 1 aliphatic carbocycles. The summed E-state index contributed by atoms with van der Waals surface area (Å²) in [6.07, 6.45) is 2.39. The topological polar surface area (TPSA) is 29.1 Å². The van der Waals surface area contributed by atoms with Crippen LogP contribution in [0.2, 0.25) is 0 Å². The van der Waals surface area contributed by atoms with Gasteiger partial charge in [-0.3, -0.25) is 4.79 Å². The lowest BCUT2D eigenvalue weighted by molar-refractivity contribution is -0.118. The number of hydrogen-bond donors (Lipinski definition) is 1. The van der Waals surface area contributed by atoms with E-state index in [1.807, 2.05) is 0 Å². The third kappa shape index (κ3) is 1.88. The molecular formula is C7H11NO. The first-order valence-electron chi connectivity index (χ1n) is 3.16. The summed E-state index contributed by atoms with van der Waals surface area (Å²) in [7, 11) is 0. The molecule has 0 aromatic carbocycles. The fraction of sp³-hybridized carbons (Fsp3) is 0.571. The summed E-state index contributed by atoms with van der Waals surface area (Å²) < 4.78 is 0. The van der Waals surface area contributed by atoms with Crippen molar-refractivity contribution in [2.75, 3.05) is 0 Å². The molecule has 0 unspecified atom stereocenters. The lowest BCUT2D eigenvalue weighted by Crippen LogP contribution is -2.19. The largest absolute Gasteiger partial charge is 0.330 e. The van der Waals surface area contributed by atoms with E-state index in [1.54, 1.807) is 0 Å². The molecule has 50 valence electrons. The van der Waals surface area contributed by atoms with Crippen LogP contribution in [0.15, 0.2) is 12.3 Å². The van der Waals surface area contributed by atoms with E-state index in [0.29, 0.717) is 5.92 Å². The Kier molecular flexibility index (Phi) is 1.56. The fourth-order valence-corrected chi connectivity index (χ4v) is 0.760. The van der Waals surface area contributed by atoms with Gasteiger partial charge in [0, 0.05) is 12.6 Å². The maximum atomic E-state index is 10.4. The minimum Gasteiger partial charge on any atom is -0.330 e. The third-order valence-corrected chi connectivity index (χ3v) is 1.41. The zero-order chi connectivity index (χ0) is 6.85. The Bertz CT molecular complexity index is 147. The third-order valence-electron chi connectivity index (χ3n) is 1.41. The highest BCUT2D eigenvalue weighted by Crippen LogP contribution is 2.33. The van der Waals surface area contributed by atoms with Crippen LogP contribution in [0.25, 0.3) is 0 Å². The minimum absolute atomic E-state index is 0.00750. The van der Waals surface area contributed by atoms with Gasteiger partial charge in [-0.15, -0.1) is 0 Å². The molecule has 2 nitrogen and oxygen atoms in total. The molecule has 9 heavy (non-hydrogen) atoms. The van der Waals surface area contributed by atoms with Gasteiger partial charge in [-0.2, -0.15) is 0 Å². The summed E-state index contributed by atoms with van der Waals surface area (Å²) in [5.41, 5.74) is 0.891. The van der Waals surface area contributed by atoms with Crippen molar-refractivity contribution in [3.8, 4) is 0 Å². The molecule has 1 amide bonds. The number of amides is 1. The summed E-state index contributed by atoms with van der Waals surface area (Å²) in [6, 6.07) is 0. The first kappa shape index (κ1) is 6.33. The van der Waals surface area contributed by atoms with Crippen LogP contribution in [0.3, 0.4) is 0 Å². The summed E-state index contributed by atoms with van der Waals surface area (Å²) in [5.74, 6) is 0.570. The van der Waals surface area contributed by atoms with Crippen LogP contribution >= 0.6 is 0 Å². The van der Waals surface area contributed by atoms with Crippen LogP contribution in [0.1, 0.15) is 19.8 Å². The van der Waals surface area contributed by atoms with Gasteiger partial charge in [-0.25, -0.2) is 0 Å². The van der Waals surface area contributed by atoms with Crippen molar-refractivity contribution >= 4 is 5.91 Å². The van der Waals surface area contributed by atoms with E-state index < -0.39 is 0 Å². The first-order chi connectivity index (χ1) is 4.20. The average Bonchev–Trinajstić information content (AvgIpc) is 2.40. The second kappa shape index (κ2) is 2.21. The summed E-state index contributed by atoms with van der Waals surface area (Å²) in [4.78, 5) is 10.4. The van der Waals surface area contributed by atoms with Crippen LogP contribution in [0.5, 0.6) is 0 Å². The standard InChI is InChI=1S/C7H11NO/c1-5(7-3-4-7)8-6(2)9/h7H,1,3-4H2,2H3,(H,8,9). The Balaban J connectivity index is 2.26. The van der Waals surface area contributed by atoms with Crippen LogP contribution in [0.4, 0.5) is 0 Å². The van der Waals surface area contributed by atoms with Gasteiger partial charge in [-0.05, 0) is 18.8 Å². The smallest absolute Gasteiger partial charge is 0.220 e. The Hall–Kier alpha value is -0.790. The van der Waals surface area contributed by atoms with E-state index in [2.05, 4.69) is 11.9 Å². The number of carbonyl (C=O) groups excluding carboxylic acids is 1. The van der Waals surface area contributed by atoms with Crippen molar-refractivity contribution in [2.45, 2.75) is 19.8 Å². The molecule has 0 atom stereocenters. The maximum absolute atomic E-state index is 10.4. The van der Waals surface area contributed by atoms with E-state index in [1.165, 1.54) is 19.8 Å². The lowest BCUT2D eigenvalue weighted by Gasteiger charge is -2.01. The van der Waals surface area contributed by atoms with Gasteiger partial charge >= 0.3 is 0 Å².